The molecule has 0 aliphatic heterocycles. The van der Waals surface area contributed by atoms with Crippen LogP contribution < -0.4 is 18.9 Å². The summed E-state index contributed by atoms with van der Waals surface area (Å²) in [6.45, 7) is 0. The Morgan fingerprint density at radius 2 is 1.71 bits per heavy atom. The van der Waals surface area contributed by atoms with E-state index in [1.165, 1.54) is 6.33 Å². The third kappa shape index (κ3) is 2.38. The molecule has 0 atom stereocenters. The van der Waals surface area contributed by atoms with Crippen LogP contribution in [-0.4, -0.2) is 9.97 Å². The van der Waals surface area contributed by atoms with Crippen LogP contribution in [0.4, 0.5) is 0 Å². The SMILES string of the molecule is [H-].[Li+].c1cncnc1. The maximum absolute atomic E-state index is 3.67. The molecule has 1 rings (SSSR count). The Hall–Kier alpha value is -0.323. The van der Waals surface area contributed by atoms with Gasteiger partial charge in [-0.05, 0) is 6.07 Å². The molecule has 0 saturated heterocycles. The molecule has 0 unspecified atom stereocenters. The summed E-state index contributed by atoms with van der Waals surface area (Å²) >= 11 is 0. The minimum atomic E-state index is 0. The van der Waals surface area contributed by atoms with E-state index >= 15 is 0 Å². The summed E-state index contributed by atoms with van der Waals surface area (Å²) in [5.41, 5.74) is 0. The standard InChI is InChI=1S/C4H4N2.Li.H/c1-2-5-4-6-3-1;;/h1-4H;;/q;+1;-1. The molecular formula is C4H5LiN2. The van der Waals surface area contributed by atoms with Crippen LogP contribution in [0, 0.1) is 0 Å². The molecule has 32 valence electrons. The first kappa shape index (κ1) is 6.68. The summed E-state index contributed by atoms with van der Waals surface area (Å²) in [6, 6.07) is 1.78. The number of aromatic nitrogens is 2. The zero-order valence-electron chi connectivity index (χ0n) is 5.20. The van der Waals surface area contributed by atoms with Gasteiger partial charge in [0.25, 0.3) is 0 Å². The first-order valence-electron chi connectivity index (χ1n) is 1.70. The predicted molar refractivity (Wildman–Crippen MR) is 23.1 cm³/mol. The molecule has 1 heterocycles. The minimum absolute atomic E-state index is 0. The number of hydrogen-bond donors (Lipinski definition) is 0. The Morgan fingerprint density at radius 3 is 1.86 bits per heavy atom. The zero-order chi connectivity index (χ0) is 4.24. The van der Waals surface area contributed by atoms with E-state index in [1.807, 2.05) is 0 Å². The van der Waals surface area contributed by atoms with Gasteiger partial charge in [-0.25, -0.2) is 9.97 Å². The van der Waals surface area contributed by atoms with Crippen LogP contribution in [-0.2, 0) is 0 Å². The van der Waals surface area contributed by atoms with Crippen LogP contribution in [0.15, 0.2) is 24.8 Å². The molecule has 0 aromatic carbocycles. The zero-order valence-corrected chi connectivity index (χ0v) is 4.20. The van der Waals surface area contributed by atoms with Crippen LogP contribution >= 0.6 is 0 Å². The van der Waals surface area contributed by atoms with Crippen molar-refractivity contribution in [2.45, 2.75) is 0 Å². The van der Waals surface area contributed by atoms with E-state index in [0.717, 1.165) is 0 Å². The van der Waals surface area contributed by atoms with Crippen LogP contribution in [0.3, 0.4) is 0 Å². The Labute approximate surface area is 55.7 Å². The minimum Gasteiger partial charge on any atom is -1.00 e. The van der Waals surface area contributed by atoms with E-state index < -0.39 is 0 Å². The van der Waals surface area contributed by atoms with Gasteiger partial charge in [0.05, 0.1) is 0 Å². The maximum atomic E-state index is 3.67. The molecule has 1 aromatic rings. The Morgan fingerprint density at radius 1 is 1.14 bits per heavy atom. The van der Waals surface area contributed by atoms with E-state index in [-0.39, 0.29) is 20.3 Å². The van der Waals surface area contributed by atoms with Crippen LogP contribution in [0.1, 0.15) is 1.43 Å². The van der Waals surface area contributed by atoms with Gasteiger partial charge in [-0.15, -0.1) is 0 Å². The monoisotopic (exact) mass is 88.1 g/mol. The normalized spacial score (nSPS) is 6.86. The maximum Gasteiger partial charge on any atom is 1.00 e. The largest absolute Gasteiger partial charge is 1.00 e. The number of rotatable bonds is 0. The van der Waals surface area contributed by atoms with Gasteiger partial charge in [0.15, 0.2) is 0 Å². The predicted octanol–water partition coefficient (Wildman–Crippen LogP) is -2.41. The summed E-state index contributed by atoms with van der Waals surface area (Å²) in [5.74, 6) is 0. The second kappa shape index (κ2) is 3.85. The van der Waals surface area contributed by atoms with Crippen molar-refractivity contribution >= 4 is 0 Å². The third-order valence-corrected chi connectivity index (χ3v) is 0.478. The second-order valence-electron chi connectivity index (χ2n) is 0.904. The first-order valence-corrected chi connectivity index (χ1v) is 1.70. The molecule has 1 aromatic heterocycles. The van der Waals surface area contributed by atoms with Gasteiger partial charge in [0, 0.05) is 12.4 Å². The fourth-order valence-corrected chi connectivity index (χ4v) is 0.253. The van der Waals surface area contributed by atoms with Crippen molar-refractivity contribution in [1.29, 1.82) is 0 Å². The van der Waals surface area contributed by atoms with E-state index in [1.54, 1.807) is 18.5 Å². The summed E-state index contributed by atoms with van der Waals surface area (Å²) in [6.07, 6.45) is 4.88. The Bertz CT molecular complexity index is 86.0. The summed E-state index contributed by atoms with van der Waals surface area (Å²) < 4.78 is 0. The molecule has 0 bridgehead atoms. The van der Waals surface area contributed by atoms with Crippen LogP contribution in [0.5, 0.6) is 0 Å². The average Bonchev–Trinajstić information content (AvgIpc) is 1.72. The molecule has 0 spiro atoms. The summed E-state index contributed by atoms with van der Waals surface area (Å²) in [4.78, 5) is 7.35. The summed E-state index contributed by atoms with van der Waals surface area (Å²) in [5, 5.41) is 0. The molecule has 0 aliphatic rings. The van der Waals surface area contributed by atoms with Gasteiger partial charge >= 0.3 is 18.9 Å². The number of nitrogens with zero attached hydrogens (tertiary/aromatic N) is 2. The van der Waals surface area contributed by atoms with Crippen molar-refractivity contribution in [3.05, 3.63) is 24.8 Å². The molecule has 3 heteroatoms. The van der Waals surface area contributed by atoms with E-state index in [0.29, 0.717) is 0 Å². The third-order valence-electron chi connectivity index (χ3n) is 0.478. The van der Waals surface area contributed by atoms with Crippen LogP contribution in [0.2, 0.25) is 0 Å². The molecule has 0 N–H and O–H groups in total. The van der Waals surface area contributed by atoms with E-state index in [2.05, 4.69) is 9.97 Å². The molecule has 0 radical (unpaired) electrons. The van der Waals surface area contributed by atoms with Gasteiger partial charge in [-0.2, -0.15) is 0 Å². The molecule has 2 nitrogen and oxygen atoms in total. The second-order valence-corrected chi connectivity index (χ2v) is 0.904. The molecule has 0 fully saturated rings. The van der Waals surface area contributed by atoms with Gasteiger partial charge in [-0.1, -0.05) is 0 Å². The topological polar surface area (TPSA) is 25.8 Å². The quantitative estimate of drug-likeness (QED) is 0.330. The van der Waals surface area contributed by atoms with Crippen LogP contribution in [0.25, 0.3) is 0 Å². The van der Waals surface area contributed by atoms with Crippen molar-refractivity contribution < 1.29 is 20.3 Å². The van der Waals surface area contributed by atoms with Crippen molar-refractivity contribution in [3.8, 4) is 0 Å². The van der Waals surface area contributed by atoms with Crippen molar-refractivity contribution in [1.82, 2.24) is 9.97 Å². The number of hydrogen-bond acceptors (Lipinski definition) is 2. The summed E-state index contributed by atoms with van der Waals surface area (Å²) in [7, 11) is 0. The molecule has 7 heavy (non-hydrogen) atoms. The fraction of sp³-hybridized carbons (Fsp3) is 0. The van der Waals surface area contributed by atoms with Crippen molar-refractivity contribution in [3.63, 3.8) is 0 Å². The fourth-order valence-electron chi connectivity index (χ4n) is 0.253. The van der Waals surface area contributed by atoms with Crippen molar-refractivity contribution in [2.75, 3.05) is 0 Å². The molecule has 0 amide bonds. The van der Waals surface area contributed by atoms with Gasteiger partial charge in [0.1, 0.15) is 6.33 Å². The molecular weight excluding hydrogens is 83.0 g/mol. The smallest absolute Gasteiger partial charge is 1.00 e. The van der Waals surface area contributed by atoms with Gasteiger partial charge < -0.3 is 1.43 Å². The van der Waals surface area contributed by atoms with Gasteiger partial charge in [-0.3, -0.25) is 0 Å². The Kier molecular flexibility index (Phi) is 3.68. The van der Waals surface area contributed by atoms with E-state index in [9.17, 15) is 0 Å². The van der Waals surface area contributed by atoms with Gasteiger partial charge in [0.2, 0.25) is 0 Å². The average molecular weight is 88.0 g/mol. The molecule has 0 aliphatic carbocycles. The first-order chi connectivity index (χ1) is 3.00. The Balaban J connectivity index is 0. The molecule has 0 saturated carbocycles. The van der Waals surface area contributed by atoms with Crippen molar-refractivity contribution in [2.24, 2.45) is 0 Å². The van der Waals surface area contributed by atoms with E-state index in [4.69, 9.17) is 0 Å².